The van der Waals surface area contributed by atoms with E-state index >= 15 is 0 Å². The van der Waals surface area contributed by atoms with Gasteiger partial charge in [-0.2, -0.15) is 0 Å². The summed E-state index contributed by atoms with van der Waals surface area (Å²) in [6, 6.07) is 7.36. The van der Waals surface area contributed by atoms with Crippen LogP contribution in [0.3, 0.4) is 0 Å². The fraction of sp³-hybridized carbons (Fsp3) is 0.385. The molecule has 1 aromatic rings. The summed E-state index contributed by atoms with van der Waals surface area (Å²) >= 11 is 5.89. The van der Waals surface area contributed by atoms with E-state index in [9.17, 15) is 9.59 Å². The summed E-state index contributed by atoms with van der Waals surface area (Å²) in [7, 11) is 1.34. The lowest BCUT2D eigenvalue weighted by Gasteiger charge is -2.16. The highest BCUT2D eigenvalue weighted by molar-refractivity contribution is 6.30. The third kappa shape index (κ3) is 2.82. The van der Waals surface area contributed by atoms with Crippen LogP contribution in [-0.2, 0) is 20.9 Å². The highest BCUT2D eigenvalue weighted by Gasteiger charge is 2.34. The number of rotatable bonds is 3. The summed E-state index contributed by atoms with van der Waals surface area (Å²) in [4.78, 5) is 24.8. The van der Waals surface area contributed by atoms with Crippen molar-refractivity contribution in [2.75, 3.05) is 13.7 Å². The molecule has 5 heteroatoms. The van der Waals surface area contributed by atoms with Crippen LogP contribution in [0.15, 0.2) is 24.3 Å². The molecule has 1 aliphatic heterocycles. The van der Waals surface area contributed by atoms with Gasteiger partial charge in [-0.15, -0.1) is 0 Å². The van der Waals surface area contributed by atoms with Gasteiger partial charge in [0.05, 0.1) is 13.0 Å². The first-order valence-corrected chi connectivity index (χ1v) is 6.08. The zero-order chi connectivity index (χ0) is 13.1. The maximum Gasteiger partial charge on any atom is 0.310 e. The average molecular weight is 268 g/mol. The minimum absolute atomic E-state index is 0.0228. The van der Waals surface area contributed by atoms with Crippen LogP contribution in [0.25, 0.3) is 0 Å². The molecule has 18 heavy (non-hydrogen) atoms. The van der Waals surface area contributed by atoms with Gasteiger partial charge >= 0.3 is 5.97 Å². The van der Waals surface area contributed by atoms with Gasteiger partial charge in [-0.3, -0.25) is 9.59 Å². The van der Waals surface area contributed by atoms with Crippen molar-refractivity contribution in [2.24, 2.45) is 5.92 Å². The predicted octanol–water partition coefficient (Wildman–Crippen LogP) is 1.86. The van der Waals surface area contributed by atoms with Gasteiger partial charge in [-0.05, 0) is 17.7 Å². The molecule has 1 aromatic carbocycles. The highest BCUT2D eigenvalue weighted by Crippen LogP contribution is 2.22. The number of hydrogen-bond donors (Lipinski definition) is 0. The Balaban J connectivity index is 2.02. The molecule has 4 nitrogen and oxygen atoms in total. The molecule has 1 aliphatic rings. The second-order valence-corrected chi connectivity index (χ2v) is 4.76. The van der Waals surface area contributed by atoms with Gasteiger partial charge in [0.1, 0.15) is 0 Å². The van der Waals surface area contributed by atoms with Crippen LogP contribution in [-0.4, -0.2) is 30.4 Å². The van der Waals surface area contributed by atoms with Crippen LogP contribution in [0.1, 0.15) is 12.0 Å². The largest absolute Gasteiger partial charge is 0.469 e. The molecule has 0 bridgehead atoms. The summed E-state index contributed by atoms with van der Waals surface area (Å²) in [5, 5.41) is 0.642. The number of nitrogens with zero attached hydrogens (tertiary/aromatic N) is 1. The van der Waals surface area contributed by atoms with Crippen molar-refractivity contribution in [3.05, 3.63) is 34.9 Å². The number of benzene rings is 1. The van der Waals surface area contributed by atoms with Gasteiger partial charge in [-0.1, -0.05) is 23.7 Å². The van der Waals surface area contributed by atoms with Crippen molar-refractivity contribution in [1.29, 1.82) is 0 Å². The van der Waals surface area contributed by atoms with Crippen LogP contribution < -0.4 is 0 Å². The first kappa shape index (κ1) is 12.9. The van der Waals surface area contributed by atoms with E-state index in [1.165, 1.54) is 7.11 Å². The SMILES string of the molecule is COC(=O)C1CC(=O)N(Cc2cccc(Cl)c2)C1. The number of ether oxygens (including phenoxy) is 1. The number of hydrogen-bond acceptors (Lipinski definition) is 3. The molecule has 0 spiro atoms. The second kappa shape index (κ2) is 5.40. The number of esters is 1. The number of methoxy groups -OCH3 is 1. The average Bonchev–Trinajstić information content (AvgIpc) is 2.70. The quantitative estimate of drug-likeness (QED) is 0.786. The zero-order valence-corrected chi connectivity index (χ0v) is 10.8. The van der Waals surface area contributed by atoms with E-state index in [-0.39, 0.29) is 24.2 Å². The minimum Gasteiger partial charge on any atom is -0.469 e. The molecule has 1 amide bonds. The first-order chi connectivity index (χ1) is 8.60. The second-order valence-electron chi connectivity index (χ2n) is 4.33. The molecule has 0 aliphatic carbocycles. The molecule has 1 heterocycles. The van der Waals surface area contributed by atoms with E-state index in [4.69, 9.17) is 11.6 Å². The molecule has 1 atom stereocenters. The van der Waals surface area contributed by atoms with E-state index in [0.29, 0.717) is 18.1 Å². The fourth-order valence-electron chi connectivity index (χ4n) is 2.11. The molecule has 2 rings (SSSR count). The Bertz CT molecular complexity index is 475. The molecule has 1 unspecified atom stereocenters. The Hall–Kier alpha value is -1.55. The smallest absolute Gasteiger partial charge is 0.310 e. The van der Waals surface area contributed by atoms with Gasteiger partial charge in [0.15, 0.2) is 0 Å². The van der Waals surface area contributed by atoms with Crippen LogP contribution >= 0.6 is 11.6 Å². The zero-order valence-electron chi connectivity index (χ0n) is 10.1. The third-order valence-corrected chi connectivity index (χ3v) is 3.25. The summed E-state index contributed by atoms with van der Waals surface area (Å²) in [5.74, 6) is -0.691. The maximum atomic E-state index is 11.8. The number of amides is 1. The van der Waals surface area contributed by atoms with Gasteiger partial charge < -0.3 is 9.64 Å². The van der Waals surface area contributed by atoms with E-state index < -0.39 is 0 Å². The van der Waals surface area contributed by atoms with Crippen molar-refractivity contribution in [2.45, 2.75) is 13.0 Å². The van der Waals surface area contributed by atoms with Gasteiger partial charge in [0, 0.05) is 24.5 Å². The monoisotopic (exact) mass is 267 g/mol. The number of likely N-dealkylation sites (tertiary alicyclic amines) is 1. The third-order valence-electron chi connectivity index (χ3n) is 3.01. The van der Waals surface area contributed by atoms with Crippen LogP contribution in [0.5, 0.6) is 0 Å². The highest BCUT2D eigenvalue weighted by atomic mass is 35.5. The molecule has 0 radical (unpaired) electrons. The topological polar surface area (TPSA) is 46.6 Å². The number of halogens is 1. The summed E-state index contributed by atoms with van der Waals surface area (Å²) in [6.45, 7) is 0.894. The van der Waals surface area contributed by atoms with Crippen molar-refractivity contribution in [3.63, 3.8) is 0 Å². The molecular weight excluding hydrogens is 254 g/mol. The van der Waals surface area contributed by atoms with Crippen LogP contribution in [0, 0.1) is 5.92 Å². The van der Waals surface area contributed by atoms with Gasteiger partial charge in [0.25, 0.3) is 0 Å². The summed E-state index contributed by atoms with van der Waals surface area (Å²) in [5.41, 5.74) is 0.960. The van der Waals surface area contributed by atoms with Gasteiger partial charge in [-0.25, -0.2) is 0 Å². The molecule has 1 fully saturated rings. The maximum absolute atomic E-state index is 11.8. The van der Waals surface area contributed by atoms with Crippen molar-refractivity contribution in [3.8, 4) is 0 Å². The van der Waals surface area contributed by atoms with Gasteiger partial charge in [0.2, 0.25) is 5.91 Å². The standard InChI is InChI=1S/C13H14ClNO3/c1-18-13(17)10-6-12(16)15(8-10)7-9-3-2-4-11(14)5-9/h2-5,10H,6-8H2,1H3. The Kier molecular flexibility index (Phi) is 3.87. The molecular formula is C13H14ClNO3. The predicted molar refractivity (Wildman–Crippen MR) is 67.0 cm³/mol. The molecule has 96 valence electrons. The van der Waals surface area contributed by atoms with Crippen molar-refractivity contribution < 1.29 is 14.3 Å². The first-order valence-electron chi connectivity index (χ1n) is 5.70. The number of carbonyl (C=O) groups is 2. The van der Waals surface area contributed by atoms with E-state index in [1.54, 1.807) is 11.0 Å². The molecule has 0 aromatic heterocycles. The summed E-state index contributed by atoms with van der Waals surface area (Å²) in [6.07, 6.45) is 0.229. The fourth-order valence-corrected chi connectivity index (χ4v) is 2.32. The van der Waals surface area contributed by atoms with E-state index in [1.807, 2.05) is 18.2 Å². The van der Waals surface area contributed by atoms with Crippen molar-refractivity contribution >= 4 is 23.5 Å². The lowest BCUT2D eigenvalue weighted by atomic mass is 10.1. The van der Waals surface area contributed by atoms with E-state index in [0.717, 1.165) is 5.56 Å². The Morgan fingerprint density at radius 2 is 2.33 bits per heavy atom. The van der Waals surface area contributed by atoms with Crippen LogP contribution in [0.2, 0.25) is 5.02 Å². The van der Waals surface area contributed by atoms with E-state index in [2.05, 4.69) is 4.74 Å². The lowest BCUT2D eigenvalue weighted by Crippen LogP contribution is -2.26. The van der Waals surface area contributed by atoms with Crippen molar-refractivity contribution in [1.82, 2.24) is 4.90 Å². The number of carbonyl (C=O) groups excluding carboxylic acids is 2. The lowest BCUT2D eigenvalue weighted by molar-refractivity contribution is -0.145. The molecule has 0 N–H and O–H groups in total. The summed E-state index contributed by atoms with van der Waals surface area (Å²) < 4.78 is 4.66. The Labute approximate surface area is 110 Å². The molecule has 1 saturated heterocycles. The normalized spacial score (nSPS) is 19.1. The minimum atomic E-state index is -0.346. The molecule has 0 saturated carbocycles. The Morgan fingerprint density at radius 3 is 3.00 bits per heavy atom. The van der Waals surface area contributed by atoms with Crippen LogP contribution in [0.4, 0.5) is 0 Å². The Morgan fingerprint density at radius 1 is 1.56 bits per heavy atom.